The number of ether oxygens (including phenoxy) is 2. The lowest BCUT2D eigenvalue weighted by Gasteiger charge is -2.15. The Labute approximate surface area is 205 Å². The topological polar surface area (TPSA) is 67.9 Å². The van der Waals surface area contributed by atoms with Gasteiger partial charge < -0.3 is 14.8 Å². The van der Waals surface area contributed by atoms with Crippen LogP contribution in [0.1, 0.15) is 15.9 Å². The highest BCUT2D eigenvalue weighted by Crippen LogP contribution is 2.37. The van der Waals surface area contributed by atoms with Gasteiger partial charge in [0.15, 0.2) is 15.8 Å². The standard InChI is InChI=1S/C25H19FN2O4S2/c1-31-20-11-6-15(12-21(20)32-2)13-22-24(30)28(25(33)34-22)19-5-3-4-16(14-19)23(29)27-18-9-7-17(26)8-10-18/h3-14H,1-2H3,(H,27,29)/b22-13+. The fraction of sp³-hybridized carbons (Fsp3) is 0.0800. The Balaban J connectivity index is 1.56. The molecule has 9 heteroatoms. The largest absolute Gasteiger partial charge is 0.493 e. The van der Waals surface area contributed by atoms with Crippen LogP contribution in [0, 0.1) is 5.82 Å². The van der Waals surface area contributed by atoms with Crippen molar-refractivity contribution in [3.63, 3.8) is 0 Å². The molecule has 0 aromatic heterocycles. The van der Waals surface area contributed by atoms with E-state index in [-0.39, 0.29) is 11.8 Å². The maximum Gasteiger partial charge on any atom is 0.270 e. The van der Waals surface area contributed by atoms with Crippen LogP contribution in [-0.2, 0) is 4.79 Å². The highest BCUT2D eigenvalue weighted by molar-refractivity contribution is 8.27. The SMILES string of the molecule is COc1ccc(/C=C2/SC(=S)N(c3cccc(C(=O)Nc4ccc(F)cc4)c3)C2=O)cc1OC. The maximum absolute atomic E-state index is 13.2. The van der Waals surface area contributed by atoms with Gasteiger partial charge in [0, 0.05) is 11.3 Å². The fourth-order valence-electron chi connectivity index (χ4n) is 3.31. The van der Waals surface area contributed by atoms with E-state index in [1.807, 2.05) is 6.07 Å². The van der Waals surface area contributed by atoms with Crippen LogP contribution < -0.4 is 19.7 Å². The van der Waals surface area contributed by atoms with Crippen molar-refractivity contribution < 1.29 is 23.5 Å². The molecule has 0 saturated carbocycles. The number of carbonyl (C=O) groups is 2. The molecule has 4 rings (SSSR count). The summed E-state index contributed by atoms with van der Waals surface area (Å²) in [5.41, 5.74) is 2.02. The van der Waals surface area contributed by atoms with Crippen molar-refractivity contribution in [3.8, 4) is 11.5 Å². The second-order valence-electron chi connectivity index (χ2n) is 7.14. The number of nitrogens with one attached hydrogen (secondary N) is 1. The third kappa shape index (κ3) is 4.95. The van der Waals surface area contributed by atoms with E-state index in [4.69, 9.17) is 21.7 Å². The predicted molar refractivity (Wildman–Crippen MR) is 136 cm³/mol. The van der Waals surface area contributed by atoms with Crippen LogP contribution in [0.3, 0.4) is 0 Å². The molecule has 172 valence electrons. The highest BCUT2D eigenvalue weighted by Gasteiger charge is 2.33. The van der Waals surface area contributed by atoms with Crippen molar-refractivity contribution in [1.29, 1.82) is 0 Å². The van der Waals surface area contributed by atoms with E-state index < -0.39 is 5.82 Å². The van der Waals surface area contributed by atoms with Crippen molar-refractivity contribution in [2.45, 2.75) is 0 Å². The molecule has 1 heterocycles. The monoisotopic (exact) mass is 494 g/mol. The first-order valence-corrected chi connectivity index (χ1v) is 11.3. The molecule has 1 saturated heterocycles. The van der Waals surface area contributed by atoms with Gasteiger partial charge in [-0.05, 0) is 66.2 Å². The summed E-state index contributed by atoms with van der Waals surface area (Å²) in [5.74, 6) is 0.0608. The van der Waals surface area contributed by atoms with E-state index >= 15 is 0 Å². The van der Waals surface area contributed by atoms with Gasteiger partial charge in [0.2, 0.25) is 0 Å². The number of amides is 2. The number of thiocarbonyl (C=S) groups is 1. The number of thioether (sulfide) groups is 1. The zero-order valence-corrected chi connectivity index (χ0v) is 19.8. The van der Waals surface area contributed by atoms with Gasteiger partial charge in [-0.15, -0.1) is 0 Å². The van der Waals surface area contributed by atoms with Crippen LogP contribution in [0.2, 0.25) is 0 Å². The third-order valence-corrected chi connectivity index (χ3v) is 6.27. The molecular weight excluding hydrogens is 475 g/mol. The molecule has 0 aliphatic carbocycles. The van der Waals surface area contributed by atoms with Gasteiger partial charge in [0.1, 0.15) is 5.82 Å². The van der Waals surface area contributed by atoms with Gasteiger partial charge in [0.05, 0.1) is 24.8 Å². The molecular formula is C25H19FN2O4S2. The van der Waals surface area contributed by atoms with Gasteiger partial charge in [-0.1, -0.05) is 36.1 Å². The van der Waals surface area contributed by atoms with Gasteiger partial charge in [-0.25, -0.2) is 4.39 Å². The molecule has 0 radical (unpaired) electrons. The lowest BCUT2D eigenvalue weighted by molar-refractivity contribution is -0.113. The molecule has 0 spiro atoms. The van der Waals surface area contributed by atoms with E-state index in [2.05, 4.69) is 5.32 Å². The lowest BCUT2D eigenvalue weighted by atomic mass is 10.1. The fourth-order valence-corrected chi connectivity index (χ4v) is 4.61. The molecule has 2 amide bonds. The Kier molecular flexibility index (Phi) is 6.95. The van der Waals surface area contributed by atoms with Crippen LogP contribution in [-0.4, -0.2) is 30.4 Å². The molecule has 6 nitrogen and oxygen atoms in total. The minimum absolute atomic E-state index is 0.291. The Morgan fingerprint density at radius 1 is 1.03 bits per heavy atom. The number of nitrogens with zero attached hydrogens (tertiary/aromatic N) is 1. The Morgan fingerprint density at radius 3 is 2.47 bits per heavy atom. The van der Waals surface area contributed by atoms with Crippen molar-refractivity contribution >= 4 is 57.6 Å². The molecule has 3 aromatic carbocycles. The van der Waals surface area contributed by atoms with Crippen LogP contribution in [0.4, 0.5) is 15.8 Å². The Hall–Kier alpha value is -3.69. The number of anilines is 2. The summed E-state index contributed by atoms with van der Waals surface area (Å²) in [5, 5.41) is 2.71. The van der Waals surface area contributed by atoms with Crippen molar-refractivity contribution in [1.82, 2.24) is 0 Å². The Bertz CT molecular complexity index is 1310. The van der Waals surface area contributed by atoms with E-state index in [0.717, 1.165) is 5.56 Å². The maximum atomic E-state index is 13.2. The average molecular weight is 495 g/mol. The van der Waals surface area contributed by atoms with Crippen molar-refractivity contribution in [2.75, 3.05) is 24.4 Å². The third-order valence-electron chi connectivity index (χ3n) is 4.97. The smallest absolute Gasteiger partial charge is 0.270 e. The predicted octanol–water partition coefficient (Wildman–Crippen LogP) is 5.50. The van der Waals surface area contributed by atoms with E-state index in [9.17, 15) is 14.0 Å². The summed E-state index contributed by atoms with van der Waals surface area (Å²) in [6.07, 6.45) is 1.73. The molecule has 0 bridgehead atoms. The minimum atomic E-state index is -0.393. The van der Waals surface area contributed by atoms with Crippen LogP contribution >= 0.6 is 24.0 Å². The summed E-state index contributed by atoms with van der Waals surface area (Å²) < 4.78 is 24.0. The second kappa shape index (κ2) is 10.1. The Morgan fingerprint density at radius 2 is 1.76 bits per heavy atom. The van der Waals surface area contributed by atoms with Crippen LogP contribution in [0.25, 0.3) is 6.08 Å². The first-order valence-electron chi connectivity index (χ1n) is 10.1. The number of halogens is 1. The minimum Gasteiger partial charge on any atom is -0.493 e. The summed E-state index contributed by atoms with van der Waals surface area (Å²) in [6.45, 7) is 0. The molecule has 1 N–H and O–H groups in total. The van der Waals surface area contributed by atoms with Crippen molar-refractivity contribution in [2.24, 2.45) is 0 Å². The molecule has 3 aromatic rings. The van der Waals surface area contributed by atoms with E-state index in [1.165, 1.54) is 40.9 Å². The summed E-state index contributed by atoms with van der Waals surface area (Å²) in [7, 11) is 3.09. The highest BCUT2D eigenvalue weighted by atomic mass is 32.2. The van der Waals surface area contributed by atoms with Gasteiger partial charge in [-0.3, -0.25) is 14.5 Å². The second-order valence-corrected chi connectivity index (χ2v) is 8.82. The van der Waals surface area contributed by atoms with E-state index in [0.29, 0.717) is 37.7 Å². The van der Waals surface area contributed by atoms with Crippen molar-refractivity contribution in [3.05, 3.63) is 88.6 Å². The molecule has 1 aliphatic rings. The molecule has 0 unspecified atom stereocenters. The van der Waals surface area contributed by atoms with Gasteiger partial charge in [-0.2, -0.15) is 0 Å². The van der Waals surface area contributed by atoms with Crippen LogP contribution in [0.15, 0.2) is 71.6 Å². The molecule has 34 heavy (non-hydrogen) atoms. The van der Waals surface area contributed by atoms with Gasteiger partial charge >= 0.3 is 0 Å². The first kappa shape index (κ1) is 23.5. The molecule has 1 aliphatic heterocycles. The number of carbonyl (C=O) groups excluding carboxylic acids is 2. The summed E-state index contributed by atoms with van der Waals surface area (Å²) in [4.78, 5) is 27.7. The number of benzene rings is 3. The first-order chi connectivity index (χ1) is 16.4. The lowest BCUT2D eigenvalue weighted by Crippen LogP contribution is -2.27. The zero-order chi connectivity index (χ0) is 24.2. The number of hydrogen-bond donors (Lipinski definition) is 1. The average Bonchev–Trinajstić information content (AvgIpc) is 3.12. The number of hydrogen-bond acceptors (Lipinski definition) is 6. The van der Waals surface area contributed by atoms with Crippen LogP contribution in [0.5, 0.6) is 11.5 Å². The van der Waals surface area contributed by atoms with Gasteiger partial charge in [0.25, 0.3) is 11.8 Å². The van der Waals surface area contributed by atoms with E-state index in [1.54, 1.807) is 56.7 Å². The number of methoxy groups -OCH3 is 2. The zero-order valence-electron chi connectivity index (χ0n) is 18.2. The quantitative estimate of drug-likeness (QED) is 0.361. The molecule has 1 fully saturated rings. The normalized spacial score (nSPS) is 14.4. The summed E-state index contributed by atoms with van der Waals surface area (Å²) in [6, 6.07) is 17.4. The molecule has 0 atom stereocenters. The number of rotatable bonds is 6. The summed E-state index contributed by atoms with van der Waals surface area (Å²) >= 11 is 6.63.